The topological polar surface area (TPSA) is 57.0 Å². The SMILES string of the molecule is P.[Ca+2].[Mn+2].[O-2].[O-2]. The number of hydrogen-bond acceptors (Lipinski definition) is 0. The van der Waals surface area contributed by atoms with E-state index in [1.807, 2.05) is 0 Å². The van der Waals surface area contributed by atoms with Gasteiger partial charge >= 0.3 is 54.8 Å². The summed E-state index contributed by atoms with van der Waals surface area (Å²) in [5.41, 5.74) is 0. The maximum absolute atomic E-state index is 0. The summed E-state index contributed by atoms with van der Waals surface area (Å²) in [6.07, 6.45) is 0. The van der Waals surface area contributed by atoms with Crippen molar-refractivity contribution in [2.24, 2.45) is 0 Å². The van der Waals surface area contributed by atoms with Crippen molar-refractivity contribution in [3.8, 4) is 0 Å². The fraction of sp³-hybridized carbons (Fsp3) is 0. The third-order valence-electron chi connectivity index (χ3n) is 0. The molecule has 0 saturated heterocycles. The van der Waals surface area contributed by atoms with E-state index in [0.29, 0.717) is 0 Å². The molecule has 0 aliphatic heterocycles. The average Bonchev–Trinajstić information content (AvgIpc) is 0. The molecule has 0 fully saturated rings. The van der Waals surface area contributed by atoms with Gasteiger partial charge in [0.2, 0.25) is 0 Å². The Bertz CT molecular complexity index is 9.61. The third-order valence-corrected chi connectivity index (χ3v) is 0. The molecule has 0 heterocycles. The first-order valence-electron chi connectivity index (χ1n) is 0. The Morgan fingerprint density at radius 3 is 0.800 bits per heavy atom. The Balaban J connectivity index is 0. The van der Waals surface area contributed by atoms with E-state index in [1.54, 1.807) is 0 Å². The molecule has 0 spiro atoms. The largest absolute Gasteiger partial charge is 2.00 e. The van der Waals surface area contributed by atoms with Crippen molar-refractivity contribution in [2.75, 3.05) is 0 Å². The molecule has 0 N–H and O–H groups in total. The molecule has 0 aromatic carbocycles. The van der Waals surface area contributed by atoms with Crippen molar-refractivity contribution in [1.29, 1.82) is 0 Å². The molecule has 1 unspecified atom stereocenters. The molecule has 5 heteroatoms. The van der Waals surface area contributed by atoms with Gasteiger partial charge < -0.3 is 11.0 Å². The third kappa shape index (κ3) is 23.1. The summed E-state index contributed by atoms with van der Waals surface area (Å²) < 4.78 is 0. The molecule has 0 aliphatic carbocycles. The van der Waals surface area contributed by atoms with Crippen LogP contribution in [0.5, 0.6) is 0 Å². The van der Waals surface area contributed by atoms with Crippen LogP contribution in [0.25, 0.3) is 0 Å². The Labute approximate surface area is 74.8 Å². The van der Waals surface area contributed by atoms with E-state index in [-0.39, 0.29) is 75.7 Å². The molecule has 0 rings (SSSR count). The molecule has 0 aromatic rings. The normalized spacial score (nSPS) is 0. The Morgan fingerprint density at radius 1 is 0.800 bits per heavy atom. The van der Waals surface area contributed by atoms with Gasteiger partial charge in [0.1, 0.15) is 0 Å². The monoisotopic (exact) mass is 161 g/mol. The predicted octanol–water partition coefficient (Wildman–Crippen LogP) is -0.563. The summed E-state index contributed by atoms with van der Waals surface area (Å²) in [7, 11) is 0. The summed E-state index contributed by atoms with van der Waals surface area (Å²) in [6.45, 7) is 0. The van der Waals surface area contributed by atoms with Crippen LogP contribution in [0.2, 0.25) is 0 Å². The zero-order chi connectivity index (χ0) is 0. The summed E-state index contributed by atoms with van der Waals surface area (Å²) in [5.74, 6) is 0. The van der Waals surface area contributed by atoms with Gasteiger partial charge in [-0.05, 0) is 0 Å². The Morgan fingerprint density at radius 2 is 0.800 bits per heavy atom. The van der Waals surface area contributed by atoms with E-state index in [9.17, 15) is 0 Å². The zero-order valence-corrected chi connectivity index (χ0v) is 7.41. The molecule has 0 aromatic heterocycles. The van der Waals surface area contributed by atoms with Gasteiger partial charge in [-0.15, -0.1) is 0 Å². The van der Waals surface area contributed by atoms with Gasteiger partial charge in [-0.3, -0.25) is 0 Å². The van der Waals surface area contributed by atoms with Crippen molar-refractivity contribution in [1.82, 2.24) is 0 Å². The smallest absolute Gasteiger partial charge is 2.00 e. The first kappa shape index (κ1) is 59.1. The molecule has 29 valence electrons. The average molecular weight is 161 g/mol. The first-order chi connectivity index (χ1) is 0. The van der Waals surface area contributed by atoms with Crippen LogP contribution in [0, 0.1) is 0 Å². The molecule has 1 atom stereocenters. The van der Waals surface area contributed by atoms with E-state index in [1.165, 1.54) is 0 Å². The molecule has 0 aliphatic rings. The standard InChI is InChI=1S/Ca.Mn.2O.H3P/h;;;;1H3/q2*+2;2*-2;. The minimum absolute atomic E-state index is 0. The number of rotatable bonds is 0. The Hall–Kier alpha value is 2.13. The van der Waals surface area contributed by atoms with Crippen LogP contribution < -0.4 is 0 Å². The minimum Gasteiger partial charge on any atom is -2.00 e. The Kier molecular flexibility index (Phi) is 420. The maximum atomic E-state index is 0. The van der Waals surface area contributed by atoms with Crippen LogP contribution in [0.1, 0.15) is 0 Å². The molecule has 2 nitrogen and oxygen atoms in total. The molecule has 0 amide bonds. The van der Waals surface area contributed by atoms with Gasteiger partial charge in [-0.2, -0.15) is 9.90 Å². The van der Waals surface area contributed by atoms with E-state index in [4.69, 9.17) is 0 Å². The molecular weight excluding hydrogens is 158 g/mol. The van der Waals surface area contributed by atoms with Gasteiger partial charge in [0.15, 0.2) is 0 Å². The van der Waals surface area contributed by atoms with E-state index in [2.05, 4.69) is 0 Å². The fourth-order valence-corrected chi connectivity index (χ4v) is 0. The second kappa shape index (κ2) is 35.6. The molecule has 0 bridgehead atoms. The van der Waals surface area contributed by atoms with Gasteiger partial charge in [-0.25, -0.2) is 0 Å². The van der Waals surface area contributed by atoms with Crippen molar-refractivity contribution in [3.63, 3.8) is 0 Å². The van der Waals surface area contributed by atoms with E-state index in [0.717, 1.165) is 0 Å². The van der Waals surface area contributed by atoms with Crippen LogP contribution >= 0.6 is 9.90 Å². The minimum atomic E-state index is 0. The fourth-order valence-electron chi connectivity index (χ4n) is 0. The summed E-state index contributed by atoms with van der Waals surface area (Å²) in [4.78, 5) is 0. The molecular formula is H3CaMnO2P. The first-order valence-corrected chi connectivity index (χ1v) is 0. The van der Waals surface area contributed by atoms with Gasteiger partial charge in [0, 0.05) is 0 Å². The van der Waals surface area contributed by atoms with Crippen LogP contribution in [-0.4, -0.2) is 37.7 Å². The molecule has 5 heavy (non-hydrogen) atoms. The zero-order valence-electron chi connectivity index (χ0n) is 2.61. The van der Waals surface area contributed by atoms with Gasteiger partial charge in [-0.1, -0.05) is 0 Å². The molecule has 0 saturated carbocycles. The van der Waals surface area contributed by atoms with Gasteiger partial charge in [0.05, 0.1) is 0 Å². The van der Waals surface area contributed by atoms with Crippen molar-refractivity contribution < 1.29 is 28.0 Å². The summed E-state index contributed by atoms with van der Waals surface area (Å²) >= 11 is 0. The van der Waals surface area contributed by atoms with Crippen LogP contribution in [0.4, 0.5) is 0 Å². The van der Waals surface area contributed by atoms with Crippen molar-refractivity contribution >= 4 is 47.6 Å². The quantitative estimate of drug-likeness (QED) is 0.337. The second-order valence-corrected chi connectivity index (χ2v) is 0. The predicted molar refractivity (Wildman–Crippen MR) is 18.2 cm³/mol. The van der Waals surface area contributed by atoms with E-state index >= 15 is 0 Å². The summed E-state index contributed by atoms with van der Waals surface area (Å²) in [5, 5.41) is 0. The second-order valence-electron chi connectivity index (χ2n) is 0. The van der Waals surface area contributed by atoms with Crippen LogP contribution in [-0.2, 0) is 28.0 Å². The number of hydrogen-bond donors (Lipinski definition) is 0. The maximum Gasteiger partial charge on any atom is 2.00 e. The van der Waals surface area contributed by atoms with Crippen LogP contribution in [0.15, 0.2) is 0 Å². The van der Waals surface area contributed by atoms with Crippen LogP contribution in [0.3, 0.4) is 0 Å². The van der Waals surface area contributed by atoms with Crippen molar-refractivity contribution in [2.45, 2.75) is 0 Å². The van der Waals surface area contributed by atoms with Crippen molar-refractivity contribution in [3.05, 3.63) is 0 Å². The van der Waals surface area contributed by atoms with E-state index < -0.39 is 0 Å². The van der Waals surface area contributed by atoms with Gasteiger partial charge in [0.25, 0.3) is 0 Å². The molecule has 1 radical (unpaired) electrons. The summed E-state index contributed by atoms with van der Waals surface area (Å²) in [6, 6.07) is 0.